The quantitative estimate of drug-likeness (QED) is 0.303. The second-order valence-electron chi connectivity index (χ2n) is 7.80. The van der Waals surface area contributed by atoms with Gasteiger partial charge in [0.2, 0.25) is 0 Å². The van der Waals surface area contributed by atoms with Crippen molar-refractivity contribution in [3.63, 3.8) is 0 Å². The van der Waals surface area contributed by atoms with Crippen LogP contribution in [0.3, 0.4) is 0 Å². The van der Waals surface area contributed by atoms with Crippen molar-refractivity contribution in [2.45, 2.75) is 19.8 Å². The van der Waals surface area contributed by atoms with E-state index >= 15 is 0 Å². The van der Waals surface area contributed by atoms with Crippen LogP contribution in [0.4, 0.5) is 10.2 Å². The maximum atomic E-state index is 13.2. The number of nitrogens with zero attached hydrogens (tertiary/aromatic N) is 5. The van der Waals surface area contributed by atoms with Gasteiger partial charge in [0.15, 0.2) is 5.96 Å². The summed E-state index contributed by atoms with van der Waals surface area (Å²) in [5.41, 5.74) is 7.62. The SMILES string of the molecule is CN=C(NCCCc1nn(-c2ccc(F)cc2)c(N)c1C#N)N1CC(C)C(C(=O)OC)C1. The lowest BCUT2D eigenvalue weighted by atomic mass is 9.99. The molecule has 0 radical (unpaired) electrons. The van der Waals surface area contributed by atoms with Crippen molar-refractivity contribution in [3.05, 3.63) is 41.3 Å². The van der Waals surface area contributed by atoms with Crippen LogP contribution in [0, 0.1) is 29.0 Å². The van der Waals surface area contributed by atoms with Crippen LogP contribution in [0.5, 0.6) is 0 Å². The van der Waals surface area contributed by atoms with Gasteiger partial charge < -0.3 is 20.7 Å². The summed E-state index contributed by atoms with van der Waals surface area (Å²) in [4.78, 5) is 18.3. The molecule has 1 aliphatic rings. The van der Waals surface area contributed by atoms with Crippen LogP contribution < -0.4 is 11.1 Å². The molecule has 2 atom stereocenters. The van der Waals surface area contributed by atoms with E-state index in [0.29, 0.717) is 42.9 Å². The maximum absolute atomic E-state index is 13.2. The Bertz CT molecular complexity index is 1030. The number of nitrogens with two attached hydrogens (primary N) is 1. The molecule has 9 nitrogen and oxygen atoms in total. The second kappa shape index (κ2) is 10.1. The number of nitriles is 1. The summed E-state index contributed by atoms with van der Waals surface area (Å²) in [5, 5.41) is 17.3. The minimum atomic E-state index is -0.357. The van der Waals surface area contributed by atoms with Crippen molar-refractivity contribution < 1.29 is 13.9 Å². The highest BCUT2D eigenvalue weighted by Gasteiger charge is 2.36. The molecule has 1 aromatic carbocycles. The summed E-state index contributed by atoms with van der Waals surface area (Å²) >= 11 is 0. The van der Waals surface area contributed by atoms with E-state index in [9.17, 15) is 14.4 Å². The molecular weight excluding hydrogens is 413 g/mol. The monoisotopic (exact) mass is 441 g/mol. The number of aryl methyl sites for hydroxylation is 1. The fraction of sp³-hybridized carbons (Fsp3) is 0.455. The number of hydrogen-bond acceptors (Lipinski definition) is 6. The number of ether oxygens (including phenoxy) is 1. The summed E-state index contributed by atoms with van der Waals surface area (Å²) in [5.74, 6) is 0.407. The first-order valence-electron chi connectivity index (χ1n) is 10.5. The Labute approximate surface area is 186 Å². The van der Waals surface area contributed by atoms with Crippen molar-refractivity contribution in [3.8, 4) is 11.8 Å². The molecule has 3 rings (SSSR count). The van der Waals surface area contributed by atoms with E-state index in [1.807, 2.05) is 11.8 Å². The van der Waals surface area contributed by atoms with Crippen LogP contribution in [0.2, 0.25) is 0 Å². The van der Waals surface area contributed by atoms with Crippen LogP contribution in [0.1, 0.15) is 24.6 Å². The van der Waals surface area contributed by atoms with Crippen molar-refractivity contribution in [1.29, 1.82) is 5.26 Å². The summed E-state index contributed by atoms with van der Waals surface area (Å²) in [6.07, 6.45) is 1.23. The number of esters is 1. The average molecular weight is 442 g/mol. The van der Waals surface area contributed by atoms with Gasteiger partial charge in [-0.1, -0.05) is 6.92 Å². The van der Waals surface area contributed by atoms with Gasteiger partial charge in [-0.2, -0.15) is 10.4 Å². The van der Waals surface area contributed by atoms with Crippen molar-refractivity contribution >= 4 is 17.7 Å². The molecule has 0 aliphatic carbocycles. The van der Waals surface area contributed by atoms with Gasteiger partial charge in [-0.3, -0.25) is 9.79 Å². The van der Waals surface area contributed by atoms with Gasteiger partial charge in [0.25, 0.3) is 0 Å². The highest BCUT2D eigenvalue weighted by molar-refractivity contribution is 5.82. The number of guanidine groups is 1. The van der Waals surface area contributed by atoms with Crippen LogP contribution in [0.25, 0.3) is 5.69 Å². The van der Waals surface area contributed by atoms with Crippen molar-refractivity contribution in [1.82, 2.24) is 20.0 Å². The third-order valence-corrected chi connectivity index (χ3v) is 5.68. The highest BCUT2D eigenvalue weighted by atomic mass is 19.1. The van der Waals surface area contributed by atoms with Gasteiger partial charge in [0.05, 0.1) is 24.4 Å². The predicted octanol–water partition coefficient (Wildman–Crippen LogP) is 1.71. The molecule has 1 aliphatic heterocycles. The molecule has 0 saturated carbocycles. The largest absolute Gasteiger partial charge is 0.469 e. The lowest BCUT2D eigenvalue weighted by Crippen LogP contribution is -2.41. The van der Waals surface area contributed by atoms with Crippen molar-refractivity contribution in [2.75, 3.05) is 39.5 Å². The number of carbonyl (C=O) groups is 1. The zero-order chi connectivity index (χ0) is 23.3. The number of hydrogen-bond donors (Lipinski definition) is 2. The van der Waals surface area contributed by atoms with E-state index < -0.39 is 0 Å². The second-order valence-corrected chi connectivity index (χ2v) is 7.80. The number of carbonyl (C=O) groups excluding carboxylic acids is 1. The van der Waals surface area contributed by atoms with E-state index in [4.69, 9.17) is 10.5 Å². The molecule has 1 fully saturated rings. The van der Waals surface area contributed by atoms with E-state index in [0.717, 1.165) is 12.5 Å². The van der Waals surface area contributed by atoms with Gasteiger partial charge in [-0.15, -0.1) is 0 Å². The molecule has 2 heterocycles. The number of nitrogen functional groups attached to an aromatic ring is 1. The number of halogens is 1. The number of anilines is 1. The van der Waals surface area contributed by atoms with Crippen molar-refractivity contribution in [2.24, 2.45) is 16.8 Å². The molecule has 32 heavy (non-hydrogen) atoms. The lowest BCUT2D eigenvalue weighted by Gasteiger charge is -2.21. The Balaban J connectivity index is 1.59. The molecular formula is C22H28FN7O2. The zero-order valence-corrected chi connectivity index (χ0v) is 18.5. The number of nitrogens with one attached hydrogen (secondary N) is 1. The number of methoxy groups -OCH3 is 1. The van der Waals surface area contributed by atoms with E-state index in [2.05, 4.69) is 21.5 Å². The maximum Gasteiger partial charge on any atom is 0.310 e. The first-order valence-corrected chi connectivity index (χ1v) is 10.5. The fourth-order valence-corrected chi connectivity index (χ4v) is 3.94. The number of aromatic nitrogens is 2. The Morgan fingerprint density at radius 2 is 2.12 bits per heavy atom. The number of aliphatic imine (C=N–C) groups is 1. The van der Waals surface area contributed by atoms with Gasteiger partial charge in [0.1, 0.15) is 23.3 Å². The minimum Gasteiger partial charge on any atom is -0.469 e. The van der Waals surface area contributed by atoms with Gasteiger partial charge in [0, 0.05) is 26.7 Å². The molecule has 2 unspecified atom stereocenters. The lowest BCUT2D eigenvalue weighted by molar-refractivity contribution is -0.145. The molecule has 1 saturated heterocycles. The Hall–Kier alpha value is -3.61. The van der Waals surface area contributed by atoms with Gasteiger partial charge in [-0.25, -0.2) is 9.07 Å². The normalized spacial score (nSPS) is 18.5. The van der Waals surface area contributed by atoms with Crippen LogP contribution >= 0.6 is 0 Å². The third kappa shape index (κ3) is 4.82. The molecule has 0 amide bonds. The molecule has 0 spiro atoms. The third-order valence-electron chi connectivity index (χ3n) is 5.68. The summed E-state index contributed by atoms with van der Waals surface area (Å²) in [6.45, 7) is 3.91. The van der Waals surface area contributed by atoms with Crippen LogP contribution in [-0.4, -0.2) is 60.4 Å². The number of benzene rings is 1. The van der Waals surface area contributed by atoms with E-state index in [-0.39, 0.29) is 29.4 Å². The number of rotatable bonds is 6. The standard InChI is InChI=1S/C22H28FN7O2/c1-14-12-29(13-18(14)21(31)32-3)22(26-2)27-10-4-5-19-17(11-24)20(25)30(28-19)16-8-6-15(23)7-9-16/h6-9,14,18H,4-5,10,12-13,25H2,1-3H3,(H,26,27). The van der Waals surface area contributed by atoms with E-state index in [1.54, 1.807) is 19.2 Å². The zero-order valence-electron chi connectivity index (χ0n) is 18.5. The minimum absolute atomic E-state index is 0.171. The smallest absolute Gasteiger partial charge is 0.310 e. The van der Waals surface area contributed by atoms with Crippen LogP contribution in [-0.2, 0) is 16.0 Å². The molecule has 3 N–H and O–H groups in total. The molecule has 170 valence electrons. The number of likely N-dealkylation sites (tertiary alicyclic amines) is 1. The highest BCUT2D eigenvalue weighted by Crippen LogP contribution is 2.24. The molecule has 10 heteroatoms. The first-order chi connectivity index (χ1) is 15.4. The molecule has 2 aromatic rings. The van der Waals surface area contributed by atoms with E-state index in [1.165, 1.54) is 23.9 Å². The van der Waals surface area contributed by atoms with Gasteiger partial charge >= 0.3 is 5.97 Å². The Kier molecular flexibility index (Phi) is 7.30. The Morgan fingerprint density at radius 1 is 1.41 bits per heavy atom. The molecule has 1 aromatic heterocycles. The molecule has 0 bridgehead atoms. The fourth-order valence-electron chi connectivity index (χ4n) is 3.94. The Morgan fingerprint density at radius 3 is 2.75 bits per heavy atom. The van der Waals surface area contributed by atoms with Gasteiger partial charge in [-0.05, 0) is 43.0 Å². The summed E-state index contributed by atoms with van der Waals surface area (Å²) in [6, 6.07) is 7.89. The average Bonchev–Trinajstić information content (AvgIpc) is 3.33. The van der Waals surface area contributed by atoms with Crippen LogP contribution in [0.15, 0.2) is 29.3 Å². The summed E-state index contributed by atoms with van der Waals surface area (Å²) in [7, 11) is 3.11. The summed E-state index contributed by atoms with van der Waals surface area (Å²) < 4.78 is 19.6. The first kappa shape index (κ1) is 23.1. The topological polar surface area (TPSA) is 122 Å². The predicted molar refractivity (Wildman–Crippen MR) is 119 cm³/mol.